The molecule has 0 bridgehead atoms. The Kier molecular flexibility index (Phi) is 5.04. The maximum absolute atomic E-state index is 12.6. The fourth-order valence-electron chi connectivity index (χ4n) is 3.16. The third kappa shape index (κ3) is 3.25. The van der Waals surface area contributed by atoms with E-state index >= 15 is 0 Å². The number of hydrogen-bond acceptors (Lipinski definition) is 3. The van der Waals surface area contributed by atoms with Gasteiger partial charge in [-0.15, -0.1) is 0 Å². The van der Waals surface area contributed by atoms with Crippen molar-refractivity contribution in [2.45, 2.75) is 62.7 Å². The molecule has 1 aliphatic carbocycles. The third-order valence-corrected chi connectivity index (χ3v) is 6.86. The van der Waals surface area contributed by atoms with E-state index in [2.05, 4.69) is 5.32 Å². The third-order valence-electron chi connectivity index (χ3n) is 4.45. The summed E-state index contributed by atoms with van der Waals surface area (Å²) in [5.41, 5.74) is 0. The zero-order valence-corrected chi connectivity index (χ0v) is 12.2. The lowest BCUT2D eigenvalue weighted by molar-refractivity contribution is 0.326. The Balaban J connectivity index is 2.02. The van der Waals surface area contributed by atoms with E-state index in [0.29, 0.717) is 0 Å². The van der Waals surface area contributed by atoms with Crippen LogP contribution in [0.4, 0.5) is 0 Å². The summed E-state index contributed by atoms with van der Waals surface area (Å²) in [4.78, 5) is 0. The molecule has 1 heterocycles. The molecule has 18 heavy (non-hydrogen) atoms. The lowest BCUT2D eigenvalue weighted by atomic mass is 10.1. The van der Waals surface area contributed by atoms with Gasteiger partial charge in [0, 0.05) is 13.1 Å². The van der Waals surface area contributed by atoms with Gasteiger partial charge in [-0.3, -0.25) is 0 Å². The van der Waals surface area contributed by atoms with Gasteiger partial charge < -0.3 is 5.32 Å². The Hall–Kier alpha value is -0.130. The number of nitrogens with one attached hydrogen (secondary N) is 1. The summed E-state index contributed by atoms with van der Waals surface area (Å²) in [5.74, 6) is 0. The molecule has 4 nitrogen and oxygen atoms in total. The van der Waals surface area contributed by atoms with Crippen LogP contribution in [0, 0.1) is 0 Å². The molecular weight excluding hydrogens is 248 g/mol. The highest BCUT2D eigenvalue weighted by atomic mass is 32.2. The second kappa shape index (κ2) is 6.35. The predicted octanol–water partition coefficient (Wildman–Crippen LogP) is 1.72. The van der Waals surface area contributed by atoms with Crippen LogP contribution in [0.5, 0.6) is 0 Å². The molecule has 0 spiro atoms. The summed E-state index contributed by atoms with van der Waals surface area (Å²) in [6.07, 6.45) is 8.49. The van der Waals surface area contributed by atoms with Crippen molar-refractivity contribution in [2.24, 2.45) is 0 Å². The standard InChI is InChI=1S/C13H26N2O2S/c1-15(12-6-4-2-3-5-7-12)18(16,17)13-8-10-14-11-9-13/h12-14H,2-11H2,1H3. The van der Waals surface area contributed by atoms with Gasteiger partial charge in [-0.25, -0.2) is 12.7 Å². The SMILES string of the molecule is CN(C1CCCCCC1)S(=O)(=O)C1CCNCC1. The Labute approximate surface area is 111 Å². The van der Waals surface area contributed by atoms with E-state index in [0.717, 1.165) is 38.8 Å². The molecule has 1 aliphatic heterocycles. The van der Waals surface area contributed by atoms with Crippen molar-refractivity contribution in [2.75, 3.05) is 20.1 Å². The largest absolute Gasteiger partial charge is 0.317 e. The van der Waals surface area contributed by atoms with Gasteiger partial charge in [0.2, 0.25) is 10.0 Å². The second-order valence-electron chi connectivity index (χ2n) is 5.66. The van der Waals surface area contributed by atoms with Crippen LogP contribution in [0.1, 0.15) is 51.4 Å². The molecule has 2 fully saturated rings. The van der Waals surface area contributed by atoms with Crippen LogP contribution >= 0.6 is 0 Å². The molecule has 0 atom stereocenters. The summed E-state index contributed by atoms with van der Waals surface area (Å²) >= 11 is 0. The molecule has 1 N–H and O–H groups in total. The maximum atomic E-state index is 12.6. The van der Waals surface area contributed by atoms with Crippen LogP contribution in [0.3, 0.4) is 0 Å². The van der Waals surface area contributed by atoms with Gasteiger partial charge in [0.15, 0.2) is 0 Å². The van der Waals surface area contributed by atoms with Gasteiger partial charge in [0.1, 0.15) is 0 Å². The smallest absolute Gasteiger partial charge is 0.217 e. The molecule has 0 aromatic rings. The summed E-state index contributed by atoms with van der Waals surface area (Å²) in [5, 5.41) is 3.07. The zero-order chi connectivity index (χ0) is 13.0. The minimum atomic E-state index is -3.08. The molecule has 0 aromatic heterocycles. The first-order chi connectivity index (χ1) is 8.62. The average Bonchev–Trinajstić information content (AvgIpc) is 2.67. The Bertz CT molecular complexity index is 342. The van der Waals surface area contributed by atoms with E-state index < -0.39 is 10.0 Å². The molecule has 2 aliphatic rings. The van der Waals surface area contributed by atoms with E-state index in [1.54, 1.807) is 11.4 Å². The Morgan fingerprint density at radius 2 is 1.50 bits per heavy atom. The first-order valence-corrected chi connectivity index (χ1v) is 8.80. The van der Waals surface area contributed by atoms with Crippen LogP contribution in [-0.4, -0.2) is 44.2 Å². The number of sulfonamides is 1. The van der Waals surface area contributed by atoms with E-state index in [1.165, 1.54) is 25.7 Å². The van der Waals surface area contributed by atoms with Gasteiger partial charge in [-0.05, 0) is 38.8 Å². The van der Waals surface area contributed by atoms with Crippen LogP contribution < -0.4 is 5.32 Å². The van der Waals surface area contributed by atoms with Gasteiger partial charge in [0.05, 0.1) is 5.25 Å². The number of rotatable bonds is 3. The van der Waals surface area contributed by atoms with E-state index in [4.69, 9.17) is 0 Å². The summed E-state index contributed by atoms with van der Waals surface area (Å²) in [6, 6.07) is 0.243. The monoisotopic (exact) mass is 274 g/mol. The highest BCUT2D eigenvalue weighted by Gasteiger charge is 2.34. The van der Waals surface area contributed by atoms with Gasteiger partial charge in [-0.2, -0.15) is 0 Å². The van der Waals surface area contributed by atoms with E-state index in [-0.39, 0.29) is 11.3 Å². The van der Waals surface area contributed by atoms with Crippen LogP contribution in [0.15, 0.2) is 0 Å². The molecular formula is C13H26N2O2S. The van der Waals surface area contributed by atoms with Crippen molar-refractivity contribution >= 4 is 10.0 Å². The fraction of sp³-hybridized carbons (Fsp3) is 1.00. The van der Waals surface area contributed by atoms with Crippen molar-refractivity contribution in [3.8, 4) is 0 Å². The molecule has 1 saturated carbocycles. The van der Waals surface area contributed by atoms with Crippen molar-refractivity contribution in [1.82, 2.24) is 9.62 Å². The predicted molar refractivity (Wildman–Crippen MR) is 74.1 cm³/mol. The fourth-order valence-corrected chi connectivity index (χ4v) is 5.09. The van der Waals surface area contributed by atoms with E-state index in [1.807, 2.05) is 0 Å². The van der Waals surface area contributed by atoms with Crippen molar-refractivity contribution in [1.29, 1.82) is 0 Å². The highest BCUT2D eigenvalue weighted by Crippen LogP contribution is 2.26. The number of nitrogens with zero attached hydrogens (tertiary/aromatic N) is 1. The van der Waals surface area contributed by atoms with Crippen molar-refractivity contribution in [3.05, 3.63) is 0 Å². The van der Waals surface area contributed by atoms with Gasteiger partial charge in [0.25, 0.3) is 0 Å². The minimum absolute atomic E-state index is 0.160. The summed E-state index contributed by atoms with van der Waals surface area (Å²) in [6.45, 7) is 1.67. The zero-order valence-electron chi connectivity index (χ0n) is 11.4. The summed E-state index contributed by atoms with van der Waals surface area (Å²) < 4.78 is 26.9. The number of hydrogen-bond donors (Lipinski definition) is 1. The van der Waals surface area contributed by atoms with Crippen LogP contribution in [-0.2, 0) is 10.0 Å². The summed E-state index contributed by atoms with van der Waals surface area (Å²) in [7, 11) is -1.29. The molecule has 1 saturated heterocycles. The lowest BCUT2D eigenvalue weighted by Gasteiger charge is -2.32. The first-order valence-electron chi connectivity index (χ1n) is 7.30. The Morgan fingerprint density at radius 3 is 2.06 bits per heavy atom. The van der Waals surface area contributed by atoms with E-state index in [9.17, 15) is 8.42 Å². The molecule has 0 radical (unpaired) electrons. The number of piperidine rings is 1. The molecule has 106 valence electrons. The quantitative estimate of drug-likeness (QED) is 0.797. The maximum Gasteiger partial charge on any atom is 0.217 e. The van der Waals surface area contributed by atoms with Gasteiger partial charge in [-0.1, -0.05) is 25.7 Å². The van der Waals surface area contributed by atoms with Crippen LogP contribution in [0.25, 0.3) is 0 Å². The second-order valence-corrected chi connectivity index (χ2v) is 7.93. The molecule has 0 aromatic carbocycles. The van der Waals surface area contributed by atoms with Crippen molar-refractivity contribution in [3.63, 3.8) is 0 Å². The van der Waals surface area contributed by atoms with Crippen molar-refractivity contribution < 1.29 is 8.42 Å². The molecule has 5 heteroatoms. The highest BCUT2D eigenvalue weighted by molar-refractivity contribution is 7.89. The minimum Gasteiger partial charge on any atom is -0.317 e. The van der Waals surface area contributed by atoms with Crippen LogP contribution in [0.2, 0.25) is 0 Å². The molecule has 2 rings (SSSR count). The Morgan fingerprint density at radius 1 is 0.944 bits per heavy atom. The van der Waals surface area contributed by atoms with Gasteiger partial charge >= 0.3 is 0 Å². The lowest BCUT2D eigenvalue weighted by Crippen LogP contribution is -2.46. The first kappa shape index (κ1) is 14.3. The molecule has 0 amide bonds. The topological polar surface area (TPSA) is 49.4 Å². The average molecular weight is 274 g/mol. The molecule has 0 unspecified atom stereocenters. The normalized spacial score (nSPS) is 25.2.